The molecule has 2 heterocycles. The van der Waals surface area contributed by atoms with E-state index in [2.05, 4.69) is 40.6 Å². The van der Waals surface area contributed by atoms with Crippen molar-refractivity contribution < 1.29 is 9.63 Å². The maximum absolute atomic E-state index is 12.7. The quantitative estimate of drug-likeness (QED) is 0.503. The summed E-state index contributed by atoms with van der Waals surface area (Å²) in [6, 6.07) is 0.308. The fourth-order valence-corrected chi connectivity index (χ4v) is 5.56. The largest absolute Gasteiger partial charge is 0.352 e. The molecule has 148 valence electrons. The summed E-state index contributed by atoms with van der Waals surface area (Å²) in [6.07, 6.45) is 7.45. The summed E-state index contributed by atoms with van der Waals surface area (Å²) in [5.74, 6) is 2.56. The molecular formula is C19H35N5O2. The van der Waals surface area contributed by atoms with Gasteiger partial charge in [0.2, 0.25) is 5.91 Å². The molecule has 8 atom stereocenters. The van der Waals surface area contributed by atoms with Crippen molar-refractivity contribution in [3.63, 3.8) is 0 Å². The third-order valence-corrected chi connectivity index (χ3v) is 7.08. The predicted octanol–water partition coefficient (Wildman–Crippen LogP) is 0.639. The number of carbonyl (C=O) groups excluding carboxylic acids is 1. The molecule has 2 aliphatic carbocycles. The van der Waals surface area contributed by atoms with Crippen LogP contribution in [-0.2, 0) is 9.63 Å². The smallest absolute Gasteiger partial charge is 0.237 e. The van der Waals surface area contributed by atoms with Crippen molar-refractivity contribution in [2.75, 3.05) is 13.2 Å². The van der Waals surface area contributed by atoms with Crippen molar-refractivity contribution >= 4 is 5.91 Å². The van der Waals surface area contributed by atoms with Crippen molar-refractivity contribution in [3.8, 4) is 0 Å². The fourth-order valence-electron chi connectivity index (χ4n) is 5.56. The van der Waals surface area contributed by atoms with Crippen LogP contribution in [-0.4, -0.2) is 43.6 Å². The monoisotopic (exact) mass is 365 g/mol. The third-order valence-electron chi connectivity index (χ3n) is 7.08. The van der Waals surface area contributed by atoms with Crippen LogP contribution in [0.4, 0.5) is 0 Å². The SMILES string of the molecule is CCC1NC(C2CCC3C(CC[C@H]3NC(=O)C3NCNCC3C)C2)NO1. The molecule has 0 bridgehead atoms. The van der Waals surface area contributed by atoms with Crippen LogP contribution in [0.3, 0.4) is 0 Å². The van der Waals surface area contributed by atoms with E-state index in [1.807, 2.05) is 0 Å². The zero-order valence-electron chi connectivity index (χ0n) is 16.1. The second-order valence-electron chi connectivity index (χ2n) is 8.76. The first-order valence-electron chi connectivity index (χ1n) is 10.6. The third kappa shape index (κ3) is 3.78. The Kier molecular flexibility index (Phi) is 5.81. The van der Waals surface area contributed by atoms with Gasteiger partial charge < -0.3 is 10.6 Å². The average molecular weight is 366 g/mol. The molecule has 7 heteroatoms. The summed E-state index contributed by atoms with van der Waals surface area (Å²) < 4.78 is 0. The minimum Gasteiger partial charge on any atom is -0.352 e. The molecule has 4 fully saturated rings. The Morgan fingerprint density at radius 3 is 2.81 bits per heavy atom. The second-order valence-corrected chi connectivity index (χ2v) is 8.76. The van der Waals surface area contributed by atoms with E-state index < -0.39 is 0 Å². The Labute approximate surface area is 156 Å². The molecule has 1 amide bonds. The number of carbonyl (C=O) groups is 1. The highest BCUT2D eigenvalue weighted by Gasteiger charge is 2.44. The molecule has 0 aromatic heterocycles. The zero-order valence-corrected chi connectivity index (χ0v) is 16.1. The summed E-state index contributed by atoms with van der Waals surface area (Å²) in [5, 5.41) is 13.6. The van der Waals surface area contributed by atoms with Crippen molar-refractivity contribution in [3.05, 3.63) is 0 Å². The van der Waals surface area contributed by atoms with Gasteiger partial charge in [-0.3, -0.25) is 20.3 Å². The first-order chi connectivity index (χ1) is 12.7. The van der Waals surface area contributed by atoms with Gasteiger partial charge in [0.1, 0.15) is 6.23 Å². The lowest BCUT2D eigenvalue weighted by molar-refractivity contribution is -0.125. The lowest BCUT2D eigenvalue weighted by atomic mass is 9.73. The molecule has 2 saturated carbocycles. The summed E-state index contributed by atoms with van der Waals surface area (Å²) in [6.45, 7) is 5.91. The van der Waals surface area contributed by atoms with Gasteiger partial charge in [-0.25, -0.2) is 0 Å². The number of fused-ring (bicyclic) bond motifs is 1. The second kappa shape index (κ2) is 8.10. The minimum atomic E-state index is -0.0540. The highest BCUT2D eigenvalue weighted by atomic mass is 16.7. The van der Waals surface area contributed by atoms with Crippen LogP contribution in [0.1, 0.15) is 52.4 Å². The number of amides is 1. The van der Waals surface area contributed by atoms with Crippen molar-refractivity contribution in [2.45, 2.75) is 76.8 Å². The van der Waals surface area contributed by atoms with Gasteiger partial charge in [-0.2, -0.15) is 5.48 Å². The van der Waals surface area contributed by atoms with E-state index in [1.165, 1.54) is 25.7 Å². The van der Waals surface area contributed by atoms with Crippen LogP contribution < -0.4 is 26.7 Å². The van der Waals surface area contributed by atoms with E-state index >= 15 is 0 Å². The normalized spacial score (nSPS) is 46.1. The van der Waals surface area contributed by atoms with Crippen LogP contribution in [0, 0.1) is 23.7 Å². The van der Waals surface area contributed by atoms with Gasteiger partial charge in [0, 0.05) is 19.3 Å². The van der Waals surface area contributed by atoms with Crippen LogP contribution in [0.5, 0.6) is 0 Å². The molecule has 4 rings (SSSR count). The molecule has 4 aliphatic rings. The number of hydrogen-bond donors (Lipinski definition) is 5. The molecule has 0 aromatic carbocycles. The van der Waals surface area contributed by atoms with Gasteiger partial charge in [0.25, 0.3) is 0 Å². The maximum atomic E-state index is 12.7. The number of hydrogen-bond acceptors (Lipinski definition) is 6. The van der Waals surface area contributed by atoms with Crippen LogP contribution in [0.25, 0.3) is 0 Å². The highest BCUT2D eigenvalue weighted by Crippen LogP contribution is 2.45. The van der Waals surface area contributed by atoms with Crippen molar-refractivity contribution in [1.29, 1.82) is 0 Å². The summed E-state index contributed by atoms with van der Waals surface area (Å²) in [5.41, 5.74) is 3.20. The van der Waals surface area contributed by atoms with E-state index in [4.69, 9.17) is 4.84 Å². The minimum absolute atomic E-state index is 0.0540. The first-order valence-corrected chi connectivity index (χ1v) is 10.6. The molecule has 0 radical (unpaired) electrons. The fraction of sp³-hybridized carbons (Fsp3) is 0.947. The van der Waals surface area contributed by atoms with E-state index in [0.29, 0.717) is 23.8 Å². The molecular weight excluding hydrogens is 330 g/mol. The van der Waals surface area contributed by atoms with Gasteiger partial charge in [-0.1, -0.05) is 13.8 Å². The van der Waals surface area contributed by atoms with Crippen LogP contribution in [0.2, 0.25) is 0 Å². The summed E-state index contributed by atoms with van der Waals surface area (Å²) >= 11 is 0. The van der Waals surface area contributed by atoms with E-state index in [-0.39, 0.29) is 24.3 Å². The maximum Gasteiger partial charge on any atom is 0.237 e. The molecule has 0 spiro atoms. The Morgan fingerprint density at radius 2 is 2.04 bits per heavy atom. The van der Waals surface area contributed by atoms with Gasteiger partial charge in [-0.05, 0) is 62.2 Å². The number of hydroxylamine groups is 1. The Morgan fingerprint density at radius 1 is 1.19 bits per heavy atom. The van der Waals surface area contributed by atoms with Crippen LogP contribution in [0.15, 0.2) is 0 Å². The van der Waals surface area contributed by atoms with E-state index in [1.54, 1.807) is 0 Å². The van der Waals surface area contributed by atoms with Crippen molar-refractivity contribution in [1.82, 2.24) is 26.7 Å². The lowest BCUT2D eigenvalue weighted by Gasteiger charge is -2.37. The van der Waals surface area contributed by atoms with Crippen LogP contribution >= 0.6 is 0 Å². The van der Waals surface area contributed by atoms with E-state index in [0.717, 1.165) is 32.0 Å². The number of nitrogens with one attached hydrogen (secondary N) is 5. The summed E-state index contributed by atoms with van der Waals surface area (Å²) in [4.78, 5) is 18.3. The molecule has 26 heavy (non-hydrogen) atoms. The molecule has 0 aromatic rings. The highest BCUT2D eigenvalue weighted by molar-refractivity contribution is 5.82. The lowest BCUT2D eigenvalue weighted by Crippen LogP contribution is -2.59. The Bertz CT molecular complexity index is 504. The van der Waals surface area contributed by atoms with Gasteiger partial charge in [-0.15, -0.1) is 0 Å². The number of rotatable bonds is 4. The van der Waals surface area contributed by atoms with Gasteiger partial charge in [0.15, 0.2) is 0 Å². The molecule has 7 nitrogen and oxygen atoms in total. The van der Waals surface area contributed by atoms with Gasteiger partial charge >= 0.3 is 0 Å². The zero-order chi connectivity index (χ0) is 18.1. The van der Waals surface area contributed by atoms with E-state index in [9.17, 15) is 4.79 Å². The molecule has 7 unspecified atom stereocenters. The predicted molar refractivity (Wildman–Crippen MR) is 99.7 cm³/mol. The van der Waals surface area contributed by atoms with Gasteiger partial charge in [0.05, 0.1) is 12.2 Å². The standard InChI is InChI=1S/C19H35N5O2/c1-3-16-23-18(24-26-16)13-4-6-14-12(8-13)5-7-15(14)22-19(25)17-11(2)9-20-10-21-17/h11-18,20-21,23-24H,3-10H2,1-2H3,(H,22,25)/t11?,12?,13?,14?,15-,16?,17?,18?/m1/s1. The average Bonchev–Trinajstić information content (AvgIpc) is 3.29. The first kappa shape index (κ1) is 18.6. The van der Waals surface area contributed by atoms with Crippen molar-refractivity contribution in [2.24, 2.45) is 23.7 Å². The Balaban J connectivity index is 1.29. The molecule has 5 N–H and O–H groups in total. The summed E-state index contributed by atoms with van der Waals surface area (Å²) in [7, 11) is 0. The molecule has 2 saturated heterocycles. The Hall–Kier alpha value is -0.730. The molecule has 2 aliphatic heterocycles. The topological polar surface area (TPSA) is 86.5 Å².